The average molecular weight is 297 g/mol. The highest BCUT2D eigenvalue weighted by Crippen LogP contribution is 2.26. The van der Waals surface area contributed by atoms with Crippen molar-refractivity contribution >= 4 is 10.0 Å². The van der Waals surface area contributed by atoms with Gasteiger partial charge in [-0.1, -0.05) is 44.0 Å². The molecule has 0 radical (unpaired) electrons. The monoisotopic (exact) mass is 297 g/mol. The number of aliphatic hydroxyl groups excluding tert-OH is 1. The van der Waals surface area contributed by atoms with E-state index in [4.69, 9.17) is 5.11 Å². The van der Waals surface area contributed by atoms with Crippen molar-refractivity contribution in [2.45, 2.75) is 51.0 Å². The van der Waals surface area contributed by atoms with Crippen LogP contribution in [0.2, 0.25) is 0 Å². The molecule has 0 aromatic heterocycles. The second-order valence-corrected chi connectivity index (χ2v) is 7.30. The molecule has 5 heteroatoms. The molecule has 0 unspecified atom stereocenters. The lowest BCUT2D eigenvalue weighted by Crippen LogP contribution is -2.39. The van der Waals surface area contributed by atoms with E-state index in [1.807, 2.05) is 6.92 Å². The third-order valence-electron chi connectivity index (χ3n) is 3.92. The van der Waals surface area contributed by atoms with Gasteiger partial charge in [0.05, 0.1) is 12.4 Å². The van der Waals surface area contributed by atoms with Gasteiger partial charge in [0.15, 0.2) is 0 Å². The summed E-state index contributed by atoms with van der Waals surface area (Å²) in [4.78, 5) is 0. The first-order valence-electron chi connectivity index (χ1n) is 7.25. The molecule has 1 fully saturated rings. The average Bonchev–Trinajstić information content (AvgIpc) is 2.92. The van der Waals surface area contributed by atoms with Crippen LogP contribution in [0.25, 0.3) is 0 Å². The van der Waals surface area contributed by atoms with Gasteiger partial charge in [0, 0.05) is 12.6 Å². The van der Waals surface area contributed by atoms with Gasteiger partial charge in [-0.25, -0.2) is 8.42 Å². The van der Waals surface area contributed by atoms with Crippen molar-refractivity contribution < 1.29 is 13.5 Å². The van der Waals surface area contributed by atoms with Crippen LogP contribution < -0.4 is 0 Å². The summed E-state index contributed by atoms with van der Waals surface area (Å²) >= 11 is 0. The molecule has 1 N–H and O–H groups in total. The molecule has 1 saturated carbocycles. The molecule has 1 aliphatic rings. The number of aliphatic hydroxyl groups is 1. The van der Waals surface area contributed by atoms with Crippen molar-refractivity contribution in [3.05, 3.63) is 35.4 Å². The molecule has 0 aliphatic heterocycles. The molecule has 0 spiro atoms. The first-order valence-corrected chi connectivity index (χ1v) is 8.86. The van der Waals surface area contributed by atoms with Gasteiger partial charge in [-0.05, 0) is 24.0 Å². The largest absolute Gasteiger partial charge is 0.392 e. The first-order chi connectivity index (χ1) is 9.56. The molecule has 112 valence electrons. The second-order valence-electron chi connectivity index (χ2n) is 5.38. The summed E-state index contributed by atoms with van der Waals surface area (Å²) in [5, 5.41) is 9.13. The van der Waals surface area contributed by atoms with Crippen molar-refractivity contribution in [2.24, 2.45) is 0 Å². The number of rotatable bonds is 6. The minimum atomic E-state index is -3.28. The Labute approximate surface area is 121 Å². The van der Waals surface area contributed by atoms with Crippen LogP contribution >= 0.6 is 0 Å². The lowest BCUT2D eigenvalue weighted by molar-refractivity contribution is 0.281. The van der Waals surface area contributed by atoms with Gasteiger partial charge in [-0.2, -0.15) is 4.31 Å². The Kier molecular flexibility index (Phi) is 5.18. The summed E-state index contributed by atoms with van der Waals surface area (Å²) in [6, 6.07) is 7.33. The molecule has 1 aromatic rings. The zero-order valence-electron chi connectivity index (χ0n) is 12.0. The quantitative estimate of drug-likeness (QED) is 0.876. The highest BCUT2D eigenvalue weighted by molar-refractivity contribution is 7.88. The normalized spacial score (nSPS) is 16.9. The molecule has 0 bridgehead atoms. The van der Waals surface area contributed by atoms with Gasteiger partial charge in [0.1, 0.15) is 0 Å². The van der Waals surface area contributed by atoms with Crippen molar-refractivity contribution in [3.8, 4) is 0 Å². The molecule has 0 amide bonds. The molecular formula is C15H23NO3S. The standard InChI is InChI=1S/C15H23NO3S/c1-2-16(15-8-3-4-9-15)20(18,19)12-14-7-5-6-13(10-14)11-17/h5-7,10,15,17H,2-4,8-9,11-12H2,1H3. The third kappa shape index (κ3) is 3.59. The Morgan fingerprint density at radius 2 is 1.90 bits per heavy atom. The fraction of sp³-hybridized carbons (Fsp3) is 0.600. The van der Waals surface area contributed by atoms with E-state index in [1.54, 1.807) is 28.6 Å². The van der Waals surface area contributed by atoms with Crippen molar-refractivity contribution in [1.82, 2.24) is 4.31 Å². The van der Waals surface area contributed by atoms with Gasteiger partial charge in [-0.15, -0.1) is 0 Å². The Balaban J connectivity index is 2.15. The van der Waals surface area contributed by atoms with E-state index in [-0.39, 0.29) is 18.4 Å². The second kappa shape index (κ2) is 6.70. The maximum atomic E-state index is 12.6. The van der Waals surface area contributed by atoms with Gasteiger partial charge >= 0.3 is 0 Å². The Hall–Kier alpha value is -0.910. The van der Waals surface area contributed by atoms with E-state index < -0.39 is 10.0 Å². The third-order valence-corrected chi connectivity index (χ3v) is 5.89. The molecular weight excluding hydrogens is 274 g/mol. The molecule has 2 rings (SSSR count). The number of benzene rings is 1. The molecule has 20 heavy (non-hydrogen) atoms. The van der Waals surface area contributed by atoms with E-state index in [0.29, 0.717) is 6.54 Å². The predicted molar refractivity (Wildman–Crippen MR) is 79.6 cm³/mol. The van der Waals surface area contributed by atoms with E-state index >= 15 is 0 Å². The van der Waals surface area contributed by atoms with Crippen LogP contribution in [0, 0.1) is 0 Å². The summed E-state index contributed by atoms with van der Waals surface area (Å²) in [7, 11) is -3.28. The SMILES string of the molecule is CCN(C1CCCC1)S(=O)(=O)Cc1cccc(CO)c1. The molecule has 1 aliphatic carbocycles. The molecule has 0 heterocycles. The Morgan fingerprint density at radius 3 is 2.50 bits per heavy atom. The van der Waals surface area contributed by atoms with Crippen LogP contribution in [-0.2, 0) is 22.4 Å². The van der Waals surface area contributed by atoms with E-state index in [2.05, 4.69) is 0 Å². The lowest BCUT2D eigenvalue weighted by atomic mass is 10.1. The molecule has 1 aromatic carbocycles. The number of nitrogens with zero attached hydrogens (tertiary/aromatic N) is 1. The molecule has 0 atom stereocenters. The minimum absolute atomic E-state index is 0.0190. The number of hydrogen-bond donors (Lipinski definition) is 1. The lowest BCUT2D eigenvalue weighted by Gasteiger charge is -2.26. The summed E-state index contributed by atoms with van der Waals surface area (Å²) in [6.07, 6.45) is 4.20. The van der Waals surface area contributed by atoms with Crippen LogP contribution in [0.5, 0.6) is 0 Å². The molecule has 4 nitrogen and oxygen atoms in total. The zero-order valence-corrected chi connectivity index (χ0v) is 12.8. The topological polar surface area (TPSA) is 57.6 Å². The summed E-state index contributed by atoms with van der Waals surface area (Å²) < 4.78 is 26.8. The highest BCUT2D eigenvalue weighted by atomic mass is 32.2. The van der Waals surface area contributed by atoms with Crippen molar-refractivity contribution in [1.29, 1.82) is 0 Å². The first kappa shape index (κ1) is 15.5. The fourth-order valence-electron chi connectivity index (χ4n) is 2.99. The van der Waals surface area contributed by atoms with Crippen LogP contribution in [0.1, 0.15) is 43.7 Å². The van der Waals surface area contributed by atoms with Gasteiger partial charge in [0.25, 0.3) is 0 Å². The predicted octanol–water partition coefficient (Wildman–Crippen LogP) is 2.27. The summed E-state index contributed by atoms with van der Waals surface area (Å²) in [5.74, 6) is 0.0190. The van der Waals surface area contributed by atoms with Gasteiger partial charge < -0.3 is 5.11 Å². The van der Waals surface area contributed by atoms with E-state index in [1.165, 1.54) is 0 Å². The van der Waals surface area contributed by atoms with Gasteiger partial charge in [-0.3, -0.25) is 0 Å². The highest BCUT2D eigenvalue weighted by Gasteiger charge is 2.30. The smallest absolute Gasteiger partial charge is 0.218 e. The summed E-state index contributed by atoms with van der Waals surface area (Å²) in [6.45, 7) is 2.38. The van der Waals surface area contributed by atoms with E-state index in [0.717, 1.165) is 36.8 Å². The van der Waals surface area contributed by atoms with Crippen LogP contribution in [0.3, 0.4) is 0 Å². The van der Waals surface area contributed by atoms with E-state index in [9.17, 15) is 8.42 Å². The zero-order chi connectivity index (χ0) is 14.6. The van der Waals surface area contributed by atoms with Crippen molar-refractivity contribution in [3.63, 3.8) is 0 Å². The van der Waals surface area contributed by atoms with Crippen LogP contribution in [0.4, 0.5) is 0 Å². The Morgan fingerprint density at radius 1 is 1.25 bits per heavy atom. The maximum absolute atomic E-state index is 12.6. The molecule has 0 saturated heterocycles. The fourth-order valence-corrected chi connectivity index (χ4v) is 4.81. The maximum Gasteiger partial charge on any atom is 0.218 e. The number of sulfonamides is 1. The van der Waals surface area contributed by atoms with Crippen LogP contribution in [-0.4, -0.2) is 30.4 Å². The van der Waals surface area contributed by atoms with Gasteiger partial charge in [0.2, 0.25) is 10.0 Å². The number of hydrogen-bond acceptors (Lipinski definition) is 3. The van der Waals surface area contributed by atoms with Crippen molar-refractivity contribution in [2.75, 3.05) is 6.54 Å². The minimum Gasteiger partial charge on any atom is -0.392 e. The summed E-state index contributed by atoms with van der Waals surface area (Å²) in [5.41, 5.74) is 1.50. The van der Waals surface area contributed by atoms with Crippen LogP contribution in [0.15, 0.2) is 24.3 Å². The Bertz CT molecular complexity index is 536.